The Kier molecular flexibility index (Phi) is 7.13. The number of methoxy groups -OCH3 is 1. The van der Waals surface area contributed by atoms with Crippen molar-refractivity contribution < 1.29 is 17.9 Å². The maximum Gasteiger partial charge on any atom is 0.236 e. The van der Waals surface area contributed by atoms with Gasteiger partial charge in [0, 0.05) is 5.69 Å². The molecule has 2 rings (SSSR count). The second-order valence-corrected chi connectivity index (χ2v) is 7.59. The minimum Gasteiger partial charge on any atom is -0.497 e. The molecule has 2 aromatic carbocycles. The second kappa shape index (κ2) is 9.32. The summed E-state index contributed by atoms with van der Waals surface area (Å²) >= 11 is 0. The molecule has 5 nitrogen and oxygen atoms in total. The number of aryl methyl sites for hydroxylation is 1. The Morgan fingerprint density at radius 2 is 1.60 bits per heavy atom. The number of hydrogen-bond donors (Lipinski definition) is 1. The largest absolute Gasteiger partial charge is 0.497 e. The summed E-state index contributed by atoms with van der Waals surface area (Å²) < 4.78 is 37.4. The van der Waals surface area contributed by atoms with Gasteiger partial charge < -0.3 is 9.47 Å². The lowest BCUT2D eigenvalue weighted by atomic mass is 10.1. The van der Waals surface area contributed by atoms with Crippen molar-refractivity contribution in [2.75, 3.05) is 24.2 Å². The van der Waals surface area contributed by atoms with Crippen LogP contribution in [0, 0.1) is 0 Å². The summed E-state index contributed by atoms with van der Waals surface area (Å²) in [5, 5.41) is 0. The van der Waals surface area contributed by atoms with Crippen molar-refractivity contribution in [1.82, 2.24) is 0 Å². The maximum atomic E-state index is 12.1. The van der Waals surface area contributed by atoms with Gasteiger partial charge in [-0.15, -0.1) is 0 Å². The average molecular weight is 363 g/mol. The Balaban J connectivity index is 1.82. The summed E-state index contributed by atoms with van der Waals surface area (Å²) in [5.41, 5.74) is 1.79. The summed E-state index contributed by atoms with van der Waals surface area (Å²) in [6.07, 6.45) is 3.29. The molecule has 0 aliphatic carbocycles. The van der Waals surface area contributed by atoms with Gasteiger partial charge in [-0.25, -0.2) is 8.42 Å². The topological polar surface area (TPSA) is 64.6 Å². The molecular weight excluding hydrogens is 338 g/mol. The van der Waals surface area contributed by atoms with Crippen LogP contribution in [0.4, 0.5) is 5.69 Å². The van der Waals surface area contributed by atoms with Crippen molar-refractivity contribution in [3.05, 3.63) is 54.1 Å². The quantitative estimate of drug-likeness (QED) is 0.696. The molecule has 1 N–H and O–H groups in total. The maximum absolute atomic E-state index is 12.1. The van der Waals surface area contributed by atoms with Crippen LogP contribution in [0.15, 0.2) is 48.5 Å². The number of hydrogen-bond acceptors (Lipinski definition) is 4. The fraction of sp³-hybridized carbons (Fsp3) is 0.368. The Hall–Kier alpha value is -2.21. The van der Waals surface area contributed by atoms with Crippen molar-refractivity contribution in [3.8, 4) is 11.5 Å². The molecule has 0 aliphatic heterocycles. The van der Waals surface area contributed by atoms with Crippen LogP contribution in [-0.2, 0) is 16.4 Å². The number of benzene rings is 2. The summed E-state index contributed by atoms with van der Waals surface area (Å²) in [6, 6.07) is 14.5. The van der Waals surface area contributed by atoms with E-state index in [1.807, 2.05) is 12.1 Å². The highest BCUT2D eigenvalue weighted by molar-refractivity contribution is 7.92. The van der Waals surface area contributed by atoms with Crippen molar-refractivity contribution in [1.29, 1.82) is 0 Å². The highest BCUT2D eigenvalue weighted by Crippen LogP contribution is 2.17. The number of rotatable bonds is 10. The monoisotopic (exact) mass is 363 g/mol. The minimum atomic E-state index is -3.45. The third-order valence-electron chi connectivity index (χ3n) is 3.73. The van der Waals surface area contributed by atoms with Crippen LogP contribution in [0.3, 0.4) is 0 Å². The Morgan fingerprint density at radius 3 is 2.20 bits per heavy atom. The number of nitrogens with one attached hydrogen (secondary N) is 1. The van der Waals surface area contributed by atoms with E-state index in [9.17, 15) is 8.42 Å². The first-order valence-electron chi connectivity index (χ1n) is 8.38. The summed E-state index contributed by atoms with van der Waals surface area (Å²) in [7, 11) is -1.86. The Morgan fingerprint density at radius 1 is 0.960 bits per heavy atom. The molecule has 0 bridgehead atoms. The molecule has 0 saturated heterocycles. The predicted molar refractivity (Wildman–Crippen MR) is 101 cm³/mol. The molecule has 0 heterocycles. The molecule has 0 unspecified atom stereocenters. The fourth-order valence-electron chi connectivity index (χ4n) is 2.29. The second-order valence-electron chi connectivity index (χ2n) is 5.75. The van der Waals surface area contributed by atoms with E-state index < -0.39 is 10.0 Å². The molecule has 136 valence electrons. The molecule has 0 atom stereocenters. The molecule has 0 spiro atoms. The molecule has 0 aliphatic rings. The van der Waals surface area contributed by atoms with E-state index >= 15 is 0 Å². The third kappa shape index (κ3) is 6.66. The van der Waals surface area contributed by atoms with Crippen LogP contribution in [0.1, 0.15) is 25.3 Å². The van der Waals surface area contributed by atoms with Gasteiger partial charge in [-0.3, -0.25) is 4.72 Å². The zero-order valence-electron chi connectivity index (χ0n) is 14.7. The van der Waals surface area contributed by atoms with Crippen LogP contribution in [-0.4, -0.2) is 27.9 Å². The average Bonchev–Trinajstić information content (AvgIpc) is 2.61. The highest BCUT2D eigenvalue weighted by atomic mass is 32.2. The SMILES string of the molecule is CCCCc1ccc(NS(=O)(=O)CCOc2ccc(OC)cc2)cc1. The number of sulfonamides is 1. The van der Waals surface area contributed by atoms with E-state index in [1.165, 1.54) is 5.56 Å². The van der Waals surface area contributed by atoms with Gasteiger partial charge in [0.15, 0.2) is 0 Å². The van der Waals surface area contributed by atoms with Gasteiger partial charge in [-0.2, -0.15) is 0 Å². The molecule has 0 saturated carbocycles. The molecule has 6 heteroatoms. The number of unbranched alkanes of at least 4 members (excludes halogenated alkanes) is 1. The molecule has 0 amide bonds. The zero-order chi connectivity index (χ0) is 18.1. The highest BCUT2D eigenvalue weighted by Gasteiger charge is 2.11. The standard InChI is InChI=1S/C19H25NO4S/c1-3-4-5-16-6-8-17(9-7-16)20-25(21,22)15-14-24-19-12-10-18(23-2)11-13-19/h6-13,20H,3-5,14-15H2,1-2H3. The zero-order valence-corrected chi connectivity index (χ0v) is 15.5. The van der Waals surface area contributed by atoms with Crippen LogP contribution < -0.4 is 14.2 Å². The first kappa shape index (κ1) is 19.1. The lowest BCUT2D eigenvalue weighted by molar-refractivity contribution is 0.340. The van der Waals surface area contributed by atoms with Crippen molar-refractivity contribution in [3.63, 3.8) is 0 Å². The van der Waals surface area contributed by atoms with Crippen LogP contribution in [0.25, 0.3) is 0 Å². The van der Waals surface area contributed by atoms with Crippen molar-refractivity contribution >= 4 is 15.7 Å². The lowest BCUT2D eigenvalue weighted by Crippen LogP contribution is -2.21. The number of ether oxygens (including phenoxy) is 2. The Labute approximate surface area is 150 Å². The Bertz CT molecular complexity index is 740. The van der Waals surface area contributed by atoms with E-state index in [1.54, 1.807) is 43.5 Å². The van der Waals surface area contributed by atoms with Gasteiger partial charge in [0.1, 0.15) is 23.9 Å². The fourth-order valence-corrected chi connectivity index (χ4v) is 3.19. The first-order valence-corrected chi connectivity index (χ1v) is 10.0. The van der Waals surface area contributed by atoms with E-state index in [-0.39, 0.29) is 12.4 Å². The summed E-state index contributed by atoms with van der Waals surface area (Å²) in [4.78, 5) is 0. The van der Waals surface area contributed by atoms with Crippen LogP contribution >= 0.6 is 0 Å². The minimum absolute atomic E-state index is 0.0796. The predicted octanol–water partition coefficient (Wildman–Crippen LogP) is 3.86. The van der Waals surface area contributed by atoms with Crippen LogP contribution in [0.2, 0.25) is 0 Å². The normalized spacial score (nSPS) is 11.1. The van der Waals surface area contributed by atoms with Crippen LogP contribution in [0.5, 0.6) is 11.5 Å². The summed E-state index contributed by atoms with van der Waals surface area (Å²) in [5.74, 6) is 1.22. The van der Waals surface area contributed by atoms with E-state index in [2.05, 4.69) is 11.6 Å². The van der Waals surface area contributed by atoms with E-state index in [4.69, 9.17) is 9.47 Å². The van der Waals surface area contributed by atoms with Gasteiger partial charge in [0.2, 0.25) is 10.0 Å². The lowest BCUT2D eigenvalue weighted by Gasteiger charge is -2.10. The summed E-state index contributed by atoms with van der Waals surface area (Å²) in [6.45, 7) is 2.23. The van der Waals surface area contributed by atoms with Crippen molar-refractivity contribution in [2.45, 2.75) is 26.2 Å². The van der Waals surface area contributed by atoms with E-state index in [0.29, 0.717) is 11.4 Å². The van der Waals surface area contributed by atoms with E-state index in [0.717, 1.165) is 25.0 Å². The molecule has 25 heavy (non-hydrogen) atoms. The van der Waals surface area contributed by atoms with Gasteiger partial charge >= 0.3 is 0 Å². The molecule has 0 fully saturated rings. The molecule has 2 aromatic rings. The molecular formula is C19H25NO4S. The third-order valence-corrected chi connectivity index (χ3v) is 4.98. The first-order chi connectivity index (χ1) is 12.0. The number of anilines is 1. The van der Waals surface area contributed by atoms with Gasteiger partial charge in [-0.1, -0.05) is 25.5 Å². The molecule has 0 radical (unpaired) electrons. The van der Waals surface area contributed by atoms with Crippen molar-refractivity contribution in [2.24, 2.45) is 0 Å². The molecule has 0 aromatic heterocycles. The van der Waals surface area contributed by atoms with Gasteiger partial charge in [0.05, 0.1) is 7.11 Å². The smallest absolute Gasteiger partial charge is 0.236 e. The van der Waals surface area contributed by atoms with Gasteiger partial charge in [-0.05, 0) is 54.8 Å². The van der Waals surface area contributed by atoms with Gasteiger partial charge in [0.25, 0.3) is 0 Å².